The van der Waals surface area contributed by atoms with Gasteiger partial charge in [-0.2, -0.15) is 11.8 Å². The average Bonchev–Trinajstić information content (AvgIpc) is 3.27. The molecule has 0 spiro atoms. The topological polar surface area (TPSA) is 119 Å². The summed E-state index contributed by atoms with van der Waals surface area (Å²) in [5, 5.41) is 5.88. The van der Waals surface area contributed by atoms with Crippen molar-refractivity contribution in [1.82, 2.24) is 19.5 Å². The summed E-state index contributed by atoms with van der Waals surface area (Å²) in [6.45, 7) is 5.36. The Kier molecular flexibility index (Phi) is 10.9. The summed E-state index contributed by atoms with van der Waals surface area (Å²) in [5.41, 5.74) is 1.88. The van der Waals surface area contributed by atoms with Gasteiger partial charge in [0.05, 0.1) is 17.0 Å². The molecule has 3 rings (SSSR count). The summed E-state index contributed by atoms with van der Waals surface area (Å²) >= 11 is 8.17. The molecule has 2 heterocycles. The first-order valence-corrected chi connectivity index (χ1v) is 14.0. The number of anilines is 2. The Labute approximate surface area is 226 Å². The molecule has 0 saturated carbocycles. The highest BCUT2D eigenvalue weighted by molar-refractivity contribution is 7.99. The molecular formula is C26H33ClN6O3S. The van der Waals surface area contributed by atoms with E-state index in [9.17, 15) is 14.4 Å². The van der Waals surface area contributed by atoms with Crippen LogP contribution in [-0.2, 0) is 14.4 Å². The van der Waals surface area contributed by atoms with Crippen molar-refractivity contribution in [2.24, 2.45) is 0 Å². The number of fused-ring (bicyclic) bond motifs is 1. The van der Waals surface area contributed by atoms with Gasteiger partial charge in [-0.05, 0) is 55.9 Å². The summed E-state index contributed by atoms with van der Waals surface area (Å²) in [7, 11) is 0. The second-order valence-corrected chi connectivity index (χ2v) is 10.6. The van der Waals surface area contributed by atoms with Crippen molar-refractivity contribution in [2.45, 2.75) is 65.3 Å². The number of carbonyl (C=O) groups is 3. The van der Waals surface area contributed by atoms with E-state index in [-0.39, 0.29) is 17.4 Å². The fourth-order valence-electron chi connectivity index (χ4n) is 3.93. The van der Waals surface area contributed by atoms with E-state index >= 15 is 0 Å². The fraction of sp³-hybridized carbons (Fsp3) is 0.462. The Bertz CT molecular complexity index is 1250. The van der Waals surface area contributed by atoms with Gasteiger partial charge in [-0.3, -0.25) is 19.0 Å². The smallest absolute Gasteiger partial charge is 0.255 e. The summed E-state index contributed by atoms with van der Waals surface area (Å²) < 4.78 is 1.38. The Morgan fingerprint density at radius 3 is 2.57 bits per heavy atom. The molecule has 3 aromatic rings. The summed E-state index contributed by atoms with van der Waals surface area (Å²) in [6, 6.07) is 4.00. The highest BCUT2D eigenvalue weighted by Crippen LogP contribution is 2.26. The van der Waals surface area contributed by atoms with Gasteiger partial charge in [0.2, 0.25) is 5.91 Å². The molecule has 1 atom stereocenters. The molecule has 9 nitrogen and oxygen atoms in total. The fourth-order valence-corrected chi connectivity index (χ4v) is 4.80. The largest absolute Gasteiger partial charge is 0.323 e. The highest BCUT2D eigenvalue weighted by atomic mass is 35.5. The number of hydrogen-bond acceptors (Lipinski definition) is 7. The molecule has 0 radical (unpaired) electrons. The van der Waals surface area contributed by atoms with Crippen LogP contribution in [0.4, 0.5) is 11.5 Å². The third-order valence-corrected chi connectivity index (χ3v) is 7.12. The lowest BCUT2D eigenvalue weighted by atomic mass is 10.1. The van der Waals surface area contributed by atoms with Crippen molar-refractivity contribution in [3.8, 4) is 0 Å². The van der Waals surface area contributed by atoms with E-state index in [1.165, 1.54) is 42.7 Å². The maximum absolute atomic E-state index is 13.1. The summed E-state index contributed by atoms with van der Waals surface area (Å²) in [5.74, 6) is 1.45. The van der Waals surface area contributed by atoms with E-state index in [4.69, 9.17) is 11.6 Å². The molecule has 0 aliphatic heterocycles. The summed E-state index contributed by atoms with van der Waals surface area (Å²) in [6.07, 6.45) is 8.31. The molecule has 0 aliphatic rings. The first-order valence-electron chi connectivity index (χ1n) is 12.4. The molecule has 1 unspecified atom stereocenters. The number of hydrogen-bond donors (Lipinski definition) is 2. The first kappa shape index (κ1) is 28.6. The number of carbonyl (C=O) groups excluding carboxylic acids is 3. The van der Waals surface area contributed by atoms with Gasteiger partial charge >= 0.3 is 0 Å². The molecule has 2 N–H and O–H groups in total. The van der Waals surface area contributed by atoms with E-state index in [1.807, 2.05) is 24.8 Å². The maximum atomic E-state index is 13.1. The van der Waals surface area contributed by atoms with E-state index in [0.29, 0.717) is 22.6 Å². The van der Waals surface area contributed by atoms with Gasteiger partial charge < -0.3 is 10.6 Å². The predicted molar refractivity (Wildman–Crippen MR) is 149 cm³/mol. The lowest BCUT2D eigenvalue weighted by Gasteiger charge is -2.17. The molecule has 198 valence electrons. The number of nitrogens with one attached hydrogen (secondary N) is 2. The molecule has 0 saturated heterocycles. The number of unbranched alkanes of at least 4 members (excludes halogenated alkanes) is 4. The lowest BCUT2D eigenvalue weighted by Crippen LogP contribution is -2.31. The molecule has 1 aromatic carbocycles. The van der Waals surface area contributed by atoms with Crippen LogP contribution in [0.25, 0.3) is 11.2 Å². The van der Waals surface area contributed by atoms with Gasteiger partial charge in [-0.25, -0.2) is 15.0 Å². The molecule has 2 amide bonds. The van der Waals surface area contributed by atoms with Crippen molar-refractivity contribution < 1.29 is 14.4 Å². The van der Waals surface area contributed by atoms with Gasteiger partial charge in [0, 0.05) is 6.42 Å². The van der Waals surface area contributed by atoms with Crippen molar-refractivity contribution in [3.63, 3.8) is 0 Å². The Balaban J connectivity index is 1.67. The minimum atomic E-state index is -1.23. The van der Waals surface area contributed by atoms with Crippen LogP contribution < -0.4 is 10.6 Å². The number of thioether (sulfide) groups is 1. The zero-order chi connectivity index (χ0) is 26.8. The second-order valence-electron chi connectivity index (χ2n) is 8.79. The monoisotopic (exact) mass is 544 g/mol. The van der Waals surface area contributed by atoms with Gasteiger partial charge in [0.25, 0.3) is 5.91 Å². The zero-order valence-corrected chi connectivity index (χ0v) is 23.0. The number of rotatable bonds is 14. The molecular weight excluding hydrogens is 512 g/mol. The SMILES string of the molecule is CCSCCCCCCCC(=O)Nc1ncnc2c1ncn2C(C(C)=O)C(=O)Nc1cc(C)ccc1Cl. The predicted octanol–water partition coefficient (Wildman–Crippen LogP) is 5.59. The van der Waals surface area contributed by atoms with Crippen molar-refractivity contribution in [3.05, 3.63) is 41.4 Å². The van der Waals surface area contributed by atoms with Crippen LogP contribution >= 0.6 is 23.4 Å². The van der Waals surface area contributed by atoms with E-state index in [1.54, 1.807) is 12.1 Å². The zero-order valence-electron chi connectivity index (χ0n) is 21.4. The van der Waals surface area contributed by atoms with Crippen LogP contribution in [0.15, 0.2) is 30.9 Å². The minimum Gasteiger partial charge on any atom is -0.323 e. The number of aryl methyl sites for hydroxylation is 1. The molecule has 0 bridgehead atoms. The molecule has 0 fully saturated rings. The average molecular weight is 545 g/mol. The number of amides is 2. The maximum Gasteiger partial charge on any atom is 0.255 e. The molecule has 2 aromatic heterocycles. The highest BCUT2D eigenvalue weighted by Gasteiger charge is 2.29. The normalized spacial score (nSPS) is 11.9. The minimum absolute atomic E-state index is 0.161. The van der Waals surface area contributed by atoms with Crippen LogP contribution in [0, 0.1) is 6.92 Å². The summed E-state index contributed by atoms with van der Waals surface area (Å²) in [4.78, 5) is 50.8. The van der Waals surface area contributed by atoms with Gasteiger partial charge in [0.1, 0.15) is 6.33 Å². The molecule has 37 heavy (non-hydrogen) atoms. The Morgan fingerprint density at radius 2 is 1.81 bits per heavy atom. The van der Waals surface area contributed by atoms with Crippen LogP contribution in [0.1, 0.15) is 64.0 Å². The van der Waals surface area contributed by atoms with Crippen LogP contribution in [-0.4, -0.2) is 48.6 Å². The molecule has 0 aliphatic carbocycles. The standard InChI is InChI=1S/C26H33ClN6O3S/c1-4-37-13-9-7-5-6-8-10-21(35)32-24-22-25(29-15-28-24)33(16-30-22)23(18(3)34)26(36)31-20-14-17(2)11-12-19(20)27/h11-12,14-16,23H,4-10,13H2,1-3H3,(H,31,36)(H,28,29,32,35). The van der Waals surface area contributed by atoms with Gasteiger partial charge in [0.15, 0.2) is 28.8 Å². The van der Waals surface area contributed by atoms with Crippen LogP contribution in [0.3, 0.4) is 0 Å². The number of halogens is 1. The third kappa shape index (κ3) is 8.00. The first-order chi connectivity index (χ1) is 17.8. The second kappa shape index (κ2) is 14.1. The number of Topliss-reactive ketones (excluding diaryl/α,β-unsaturated/α-hetero) is 1. The number of nitrogens with zero attached hydrogens (tertiary/aromatic N) is 4. The van der Waals surface area contributed by atoms with E-state index in [2.05, 4.69) is 32.5 Å². The van der Waals surface area contributed by atoms with Crippen molar-refractivity contribution >= 4 is 63.6 Å². The lowest BCUT2D eigenvalue weighted by molar-refractivity contribution is -0.128. The number of ketones is 1. The Hall–Kier alpha value is -2.98. The van der Waals surface area contributed by atoms with E-state index in [0.717, 1.165) is 30.6 Å². The van der Waals surface area contributed by atoms with Crippen molar-refractivity contribution in [1.29, 1.82) is 0 Å². The van der Waals surface area contributed by atoms with Crippen LogP contribution in [0.2, 0.25) is 5.02 Å². The third-order valence-electron chi connectivity index (χ3n) is 5.80. The van der Waals surface area contributed by atoms with Crippen molar-refractivity contribution in [2.75, 3.05) is 22.1 Å². The quantitative estimate of drug-likeness (QED) is 0.200. The van der Waals surface area contributed by atoms with Crippen LogP contribution in [0.5, 0.6) is 0 Å². The van der Waals surface area contributed by atoms with Gasteiger partial charge in [-0.15, -0.1) is 0 Å². The van der Waals surface area contributed by atoms with E-state index < -0.39 is 17.7 Å². The molecule has 11 heteroatoms. The van der Waals surface area contributed by atoms with Gasteiger partial charge in [-0.1, -0.05) is 43.9 Å². The number of aromatic nitrogens is 4. The Morgan fingerprint density at radius 1 is 1.05 bits per heavy atom. The number of benzene rings is 1. The number of imidazole rings is 1.